The van der Waals surface area contributed by atoms with Gasteiger partial charge in [-0.2, -0.15) is 0 Å². The standard InChI is InChI=1S/C16H17N.C13H17NO3/c1-2-6-14(7-3-1)12-17-11-10-15-8-4-5-9-16(15)13-17;1-9-4-10-5-12(16-2)13(17-3)6-11(10)7-14(9)8-15/h1-9H,10-13H2;5-6,8-9H,4,7H2,1-3H3. The highest BCUT2D eigenvalue weighted by molar-refractivity contribution is 5.53. The average Bonchev–Trinajstić information content (AvgIpc) is 2.88. The molecule has 3 aromatic rings. The lowest BCUT2D eigenvalue weighted by Crippen LogP contribution is -2.37. The second-order valence-corrected chi connectivity index (χ2v) is 9.02. The summed E-state index contributed by atoms with van der Waals surface area (Å²) in [6, 6.07) is 23.7. The van der Waals surface area contributed by atoms with Gasteiger partial charge < -0.3 is 14.4 Å². The van der Waals surface area contributed by atoms with E-state index in [4.69, 9.17) is 9.47 Å². The zero-order valence-electron chi connectivity index (χ0n) is 20.4. The molecule has 0 aromatic heterocycles. The van der Waals surface area contributed by atoms with Gasteiger partial charge in [0.15, 0.2) is 11.5 Å². The summed E-state index contributed by atoms with van der Waals surface area (Å²) in [5, 5.41) is 0. The Morgan fingerprint density at radius 1 is 0.853 bits per heavy atom. The summed E-state index contributed by atoms with van der Waals surface area (Å²) in [5.74, 6) is 1.46. The Bertz CT molecular complexity index is 1100. The van der Waals surface area contributed by atoms with Crippen LogP contribution in [0.4, 0.5) is 0 Å². The highest BCUT2D eigenvalue weighted by Gasteiger charge is 2.23. The number of carbonyl (C=O) groups is 1. The molecular formula is C29H34N2O3. The van der Waals surface area contributed by atoms with Crippen molar-refractivity contribution in [3.8, 4) is 11.5 Å². The van der Waals surface area contributed by atoms with Gasteiger partial charge in [-0.25, -0.2) is 0 Å². The Morgan fingerprint density at radius 3 is 2.18 bits per heavy atom. The lowest BCUT2D eigenvalue weighted by molar-refractivity contribution is -0.120. The van der Waals surface area contributed by atoms with Gasteiger partial charge in [-0.15, -0.1) is 0 Å². The number of fused-ring (bicyclic) bond motifs is 2. The molecule has 34 heavy (non-hydrogen) atoms. The molecule has 0 saturated carbocycles. The molecule has 0 spiro atoms. The summed E-state index contributed by atoms with van der Waals surface area (Å²) in [7, 11) is 3.25. The molecule has 0 aliphatic carbocycles. The number of amides is 1. The van der Waals surface area contributed by atoms with Gasteiger partial charge in [0.2, 0.25) is 6.41 Å². The maximum Gasteiger partial charge on any atom is 0.210 e. The van der Waals surface area contributed by atoms with E-state index < -0.39 is 0 Å². The number of nitrogens with zero attached hydrogens (tertiary/aromatic N) is 2. The van der Waals surface area contributed by atoms with Crippen molar-refractivity contribution >= 4 is 6.41 Å². The Labute approximate surface area is 202 Å². The van der Waals surface area contributed by atoms with Gasteiger partial charge in [-0.1, -0.05) is 54.6 Å². The van der Waals surface area contributed by atoms with E-state index in [9.17, 15) is 4.79 Å². The van der Waals surface area contributed by atoms with Crippen molar-refractivity contribution in [1.29, 1.82) is 0 Å². The molecule has 1 unspecified atom stereocenters. The third kappa shape index (κ3) is 5.60. The highest BCUT2D eigenvalue weighted by atomic mass is 16.5. The van der Waals surface area contributed by atoms with Crippen LogP contribution in [0.3, 0.4) is 0 Å². The monoisotopic (exact) mass is 458 g/mol. The number of benzene rings is 3. The van der Waals surface area contributed by atoms with Crippen molar-refractivity contribution in [3.63, 3.8) is 0 Å². The number of hydrogen-bond donors (Lipinski definition) is 0. The van der Waals surface area contributed by atoms with Crippen molar-refractivity contribution < 1.29 is 14.3 Å². The molecule has 1 atom stereocenters. The second kappa shape index (κ2) is 11.2. The smallest absolute Gasteiger partial charge is 0.210 e. The molecule has 2 heterocycles. The Balaban J connectivity index is 0.000000161. The van der Waals surface area contributed by atoms with Crippen LogP contribution < -0.4 is 9.47 Å². The fraction of sp³-hybridized carbons (Fsp3) is 0.345. The van der Waals surface area contributed by atoms with Crippen LogP contribution >= 0.6 is 0 Å². The summed E-state index contributed by atoms with van der Waals surface area (Å²) in [5.41, 5.74) is 6.79. The predicted octanol–water partition coefficient (Wildman–Crippen LogP) is 4.85. The van der Waals surface area contributed by atoms with Gasteiger partial charge in [0, 0.05) is 32.2 Å². The van der Waals surface area contributed by atoms with Gasteiger partial charge in [-0.3, -0.25) is 9.69 Å². The fourth-order valence-corrected chi connectivity index (χ4v) is 4.76. The van der Waals surface area contributed by atoms with E-state index in [0.717, 1.165) is 37.2 Å². The minimum Gasteiger partial charge on any atom is -0.493 e. The normalized spacial score (nSPS) is 17.0. The maximum absolute atomic E-state index is 10.9. The van der Waals surface area contributed by atoms with Crippen molar-refractivity contribution in [2.24, 2.45) is 0 Å². The molecule has 5 nitrogen and oxygen atoms in total. The molecule has 1 amide bonds. The first kappa shape index (κ1) is 23.8. The fourth-order valence-electron chi connectivity index (χ4n) is 4.76. The molecule has 5 heteroatoms. The van der Waals surface area contributed by atoms with E-state index in [2.05, 4.69) is 59.5 Å². The lowest BCUT2D eigenvalue weighted by Gasteiger charge is -2.32. The Hall–Kier alpha value is -3.31. The lowest BCUT2D eigenvalue weighted by atomic mass is 9.94. The molecule has 0 radical (unpaired) electrons. The van der Waals surface area contributed by atoms with Crippen LogP contribution in [0.5, 0.6) is 11.5 Å². The quantitative estimate of drug-likeness (QED) is 0.513. The molecule has 0 N–H and O–H groups in total. The third-order valence-electron chi connectivity index (χ3n) is 6.73. The van der Waals surface area contributed by atoms with Gasteiger partial charge in [0.05, 0.1) is 14.2 Å². The van der Waals surface area contributed by atoms with Crippen molar-refractivity contribution in [2.45, 2.75) is 45.4 Å². The molecule has 2 aliphatic heterocycles. The number of rotatable bonds is 5. The van der Waals surface area contributed by atoms with Crippen LogP contribution in [0.2, 0.25) is 0 Å². The number of carbonyl (C=O) groups excluding carboxylic acids is 1. The number of methoxy groups -OCH3 is 2. The van der Waals surface area contributed by atoms with E-state index in [0.29, 0.717) is 12.3 Å². The van der Waals surface area contributed by atoms with Crippen LogP contribution in [0, 0.1) is 0 Å². The van der Waals surface area contributed by atoms with Gasteiger partial charge in [-0.05, 0) is 59.7 Å². The van der Waals surface area contributed by atoms with Gasteiger partial charge in [0.1, 0.15) is 0 Å². The summed E-state index contributed by atoms with van der Waals surface area (Å²) >= 11 is 0. The van der Waals surface area contributed by atoms with Crippen LogP contribution in [0.25, 0.3) is 0 Å². The molecule has 0 fully saturated rings. The van der Waals surface area contributed by atoms with E-state index in [1.165, 1.54) is 35.2 Å². The number of ether oxygens (including phenoxy) is 2. The largest absolute Gasteiger partial charge is 0.493 e. The summed E-state index contributed by atoms with van der Waals surface area (Å²) in [4.78, 5) is 15.3. The third-order valence-corrected chi connectivity index (χ3v) is 6.73. The second-order valence-electron chi connectivity index (χ2n) is 9.02. The average molecular weight is 459 g/mol. The predicted molar refractivity (Wildman–Crippen MR) is 135 cm³/mol. The Kier molecular flexibility index (Phi) is 7.86. The Morgan fingerprint density at radius 2 is 1.50 bits per heavy atom. The first-order valence-corrected chi connectivity index (χ1v) is 11.9. The molecule has 178 valence electrons. The highest BCUT2D eigenvalue weighted by Crippen LogP contribution is 2.34. The van der Waals surface area contributed by atoms with Crippen molar-refractivity contribution in [3.05, 3.63) is 94.5 Å². The minimum atomic E-state index is 0.234. The van der Waals surface area contributed by atoms with Crippen molar-refractivity contribution in [2.75, 3.05) is 20.8 Å². The zero-order chi connectivity index (χ0) is 23.9. The van der Waals surface area contributed by atoms with Crippen LogP contribution in [-0.4, -0.2) is 43.0 Å². The number of hydrogen-bond acceptors (Lipinski definition) is 4. The molecule has 0 saturated heterocycles. The molecular weight excluding hydrogens is 424 g/mol. The summed E-state index contributed by atoms with van der Waals surface area (Å²) in [6.45, 7) is 6.01. The maximum atomic E-state index is 10.9. The summed E-state index contributed by atoms with van der Waals surface area (Å²) < 4.78 is 10.5. The molecule has 5 rings (SSSR count). The zero-order valence-corrected chi connectivity index (χ0v) is 20.4. The molecule has 3 aromatic carbocycles. The van der Waals surface area contributed by atoms with Crippen LogP contribution in [0.15, 0.2) is 66.7 Å². The van der Waals surface area contributed by atoms with Crippen molar-refractivity contribution in [1.82, 2.24) is 9.80 Å². The van der Waals surface area contributed by atoms with E-state index in [1.54, 1.807) is 19.1 Å². The van der Waals surface area contributed by atoms with E-state index >= 15 is 0 Å². The molecule has 0 bridgehead atoms. The first-order chi connectivity index (χ1) is 16.6. The van der Waals surface area contributed by atoms with E-state index in [-0.39, 0.29) is 6.04 Å². The molecule has 2 aliphatic rings. The van der Waals surface area contributed by atoms with Gasteiger partial charge in [0.25, 0.3) is 0 Å². The topological polar surface area (TPSA) is 42.0 Å². The summed E-state index contributed by atoms with van der Waals surface area (Å²) in [6.07, 6.45) is 2.95. The SMILES string of the molecule is COc1cc2c(cc1OC)CN(C=O)C(C)C2.c1ccc(CN2CCc3ccccc3C2)cc1. The van der Waals surface area contributed by atoms with Crippen LogP contribution in [-0.2, 0) is 37.3 Å². The minimum absolute atomic E-state index is 0.234. The van der Waals surface area contributed by atoms with Crippen LogP contribution in [0.1, 0.15) is 34.7 Å². The van der Waals surface area contributed by atoms with Gasteiger partial charge >= 0.3 is 0 Å². The van der Waals surface area contributed by atoms with E-state index in [1.807, 2.05) is 19.1 Å². The first-order valence-electron chi connectivity index (χ1n) is 11.9.